The first-order chi connectivity index (χ1) is 15.1. The Labute approximate surface area is 194 Å². The van der Waals surface area contributed by atoms with Gasteiger partial charge in [-0.25, -0.2) is 0 Å². The third kappa shape index (κ3) is 3.60. The van der Waals surface area contributed by atoms with Gasteiger partial charge in [-0.3, -0.25) is 4.98 Å². The Morgan fingerprint density at radius 2 is 1.71 bits per heavy atom. The van der Waals surface area contributed by atoms with Gasteiger partial charge in [0, 0.05) is 28.2 Å². The first kappa shape index (κ1) is 19.8. The van der Waals surface area contributed by atoms with Crippen LogP contribution in [0.1, 0.15) is 23.5 Å². The van der Waals surface area contributed by atoms with Gasteiger partial charge in [-0.05, 0) is 72.9 Å². The fourth-order valence-electron chi connectivity index (χ4n) is 4.05. The predicted molar refractivity (Wildman–Crippen MR) is 130 cm³/mol. The average Bonchev–Trinajstić information content (AvgIpc) is 3.40. The smallest absolute Gasteiger partial charge is 0.174 e. The van der Waals surface area contributed by atoms with Crippen molar-refractivity contribution in [3.63, 3.8) is 0 Å². The lowest BCUT2D eigenvalue weighted by atomic mass is 10.0. The molecule has 0 amide bonds. The number of benzene rings is 2. The van der Waals surface area contributed by atoms with Crippen LogP contribution in [0.5, 0.6) is 5.75 Å². The first-order valence-electron chi connectivity index (χ1n) is 9.85. The maximum absolute atomic E-state index is 10.6. The quantitative estimate of drug-likeness (QED) is 0.369. The van der Waals surface area contributed by atoms with Gasteiger partial charge in [0.15, 0.2) is 5.11 Å². The number of aromatic hydroxyl groups is 1. The molecule has 31 heavy (non-hydrogen) atoms. The molecule has 0 aliphatic carbocycles. The number of rotatable bonds is 4. The van der Waals surface area contributed by atoms with Crippen LogP contribution in [-0.4, -0.2) is 19.8 Å². The summed E-state index contributed by atoms with van der Waals surface area (Å²) in [7, 11) is 0. The van der Waals surface area contributed by atoms with Gasteiger partial charge in [-0.2, -0.15) is 0 Å². The van der Waals surface area contributed by atoms with E-state index in [1.165, 1.54) is 0 Å². The first-order valence-corrected chi connectivity index (χ1v) is 11.1. The minimum Gasteiger partial charge on any atom is -0.506 e. The van der Waals surface area contributed by atoms with Crippen molar-refractivity contribution in [2.45, 2.75) is 12.1 Å². The summed E-state index contributed by atoms with van der Waals surface area (Å²) in [5.41, 5.74) is 3.62. The van der Waals surface area contributed by atoms with Crippen LogP contribution >= 0.6 is 28.1 Å². The SMILES string of the molecule is Oc1ccccc1N1C(=S)N[C@H](c2ccccn2)[C@@H]1c1cccn1-c1ccc(Br)cc1. The molecule has 4 aromatic rings. The fraction of sp³-hybridized carbons (Fsp3) is 0.0833. The van der Waals surface area contributed by atoms with Gasteiger partial charge < -0.3 is 19.9 Å². The topological polar surface area (TPSA) is 53.3 Å². The number of para-hydroxylation sites is 2. The van der Waals surface area contributed by atoms with Gasteiger partial charge in [-0.1, -0.05) is 34.1 Å². The van der Waals surface area contributed by atoms with Crippen molar-refractivity contribution in [1.82, 2.24) is 14.9 Å². The summed E-state index contributed by atoms with van der Waals surface area (Å²) in [4.78, 5) is 6.57. The lowest BCUT2D eigenvalue weighted by Gasteiger charge is -2.29. The summed E-state index contributed by atoms with van der Waals surface area (Å²) in [5.74, 6) is 0.181. The normalized spacial score (nSPS) is 18.2. The second-order valence-corrected chi connectivity index (χ2v) is 8.57. The zero-order chi connectivity index (χ0) is 21.4. The molecule has 1 fully saturated rings. The molecule has 2 N–H and O–H groups in total. The molecule has 2 atom stereocenters. The molecule has 0 saturated carbocycles. The Morgan fingerprint density at radius 1 is 0.935 bits per heavy atom. The van der Waals surface area contributed by atoms with Crippen LogP contribution in [0.15, 0.2) is 95.7 Å². The largest absolute Gasteiger partial charge is 0.506 e. The van der Waals surface area contributed by atoms with Crippen LogP contribution < -0.4 is 10.2 Å². The molecule has 1 aliphatic rings. The van der Waals surface area contributed by atoms with E-state index in [0.717, 1.165) is 21.5 Å². The van der Waals surface area contributed by atoms with Gasteiger partial charge in [0.1, 0.15) is 11.8 Å². The predicted octanol–water partition coefficient (Wildman–Crippen LogP) is 5.52. The highest BCUT2D eigenvalue weighted by Gasteiger charge is 2.42. The molecular weight excluding hydrogens is 472 g/mol. The molecule has 5 rings (SSSR count). The highest BCUT2D eigenvalue weighted by atomic mass is 79.9. The zero-order valence-corrected chi connectivity index (χ0v) is 18.8. The Bertz CT molecular complexity index is 1230. The second kappa shape index (κ2) is 8.17. The molecule has 154 valence electrons. The number of halogens is 1. The highest BCUT2D eigenvalue weighted by molar-refractivity contribution is 9.10. The lowest BCUT2D eigenvalue weighted by Crippen LogP contribution is -2.30. The molecule has 7 heteroatoms. The highest BCUT2D eigenvalue weighted by Crippen LogP contribution is 2.44. The number of pyridine rings is 1. The van der Waals surface area contributed by atoms with E-state index in [9.17, 15) is 5.11 Å². The Morgan fingerprint density at radius 3 is 2.45 bits per heavy atom. The van der Waals surface area contributed by atoms with Crippen LogP contribution in [-0.2, 0) is 0 Å². The molecule has 0 radical (unpaired) electrons. The van der Waals surface area contributed by atoms with Crippen LogP contribution in [0.4, 0.5) is 5.69 Å². The van der Waals surface area contributed by atoms with Gasteiger partial charge in [-0.15, -0.1) is 0 Å². The average molecular weight is 491 g/mol. The summed E-state index contributed by atoms with van der Waals surface area (Å²) < 4.78 is 3.17. The number of anilines is 1. The maximum atomic E-state index is 10.6. The van der Waals surface area contributed by atoms with Crippen LogP contribution in [0.2, 0.25) is 0 Å². The van der Waals surface area contributed by atoms with Crippen LogP contribution in [0.25, 0.3) is 5.69 Å². The molecule has 0 spiro atoms. The number of hydrogen-bond acceptors (Lipinski definition) is 3. The number of phenols is 1. The van der Waals surface area contributed by atoms with Crippen molar-refractivity contribution in [1.29, 1.82) is 0 Å². The second-order valence-electron chi connectivity index (χ2n) is 7.26. The summed E-state index contributed by atoms with van der Waals surface area (Å²) in [6, 6.07) is 25.0. The van der Waals surface area contributed by atoms with Crippen molar-refractivity contribution in [3.8, 4) is 11.4 Å². The number of phenolic OH excluding ortho intramolecular Hbond substituents is 1. The molecular formula is C24H19BrN4OS. The molecule has 5 nitrogen and oxygen atoms in total. The van der Waals surface area contributed by atoms with E-state index in [-0.39, 0.29) is 17.8 Å². The minimum absolute atomic E-state index is 0.181. The van der Waals surface area contributed by atoms with Crippen molar-refractivity contribution in [3.05, 3.63) is 107 Å². The van der Waals surface area contributed by atoms with Crippen LogP contribution in [0, 0.1) is 0 Å². The number of nitrogens with one attached hydrogen (secondary N) is 1. The van der Waals surface area contributed by atoms with Crippen molar-refractivity contribution in [2.75, 3.05) is 4.90 Å². The van der Waals surface area contributed by atoms with Gasteiger partial charge in [0.05, 0.1) is 17.4 Å². The molecule has 2 aromatic heterocycles. The summed E-state index contributed by atoms with van der Waals surface area (Å²) in [6.07, 6.45) is 3.83. The van der Waals surface area contributed by atoms with Gasteiger partial charge in [0.2, 0.25) is 0 Å². The van der Waals surface area contributed by atoms with E-state index in [4.69, 9.17) is 12.2 Å². The standard InChI is InChI=1S/C24H19BrN4OS/c25-16-10-12-17(13-11-16)28-15-5-8-20(28)23-22(18-6-3-4-14-26-18)27-24(31)29(23)19-7-1-2-9-21(19)30/h1-15,22-23,30H,(H,27,31)/t22-,23+/m1/s1. The lowest BCUT2D eigenvalue weighted by molar-refractivity contribution is 0.472. The van der Waals surface area contributed by atoms with Gasteiger partial charge >= 0.3 is 0 Å². The maximum Gasteiger partial charge on any atom is 0.174 e. The van der Waals surface area contributed by atoms with E-state index < -0.39 is 0 Å². The summed E-state index contributed by atoms with van der Waals surface area (Å²) >= 11 is 9.26. The van der Waals surface area contributed by atoms with Crippen LogP contribution in [0.3, 0.4) is 0 Å². The van der Waals surface area contributed by atoms with E-state index in [0.29, 0.717) is 10.8 Å². The van der Waals surface area contributed by atoms with E-state index in [1.807, 2.05) is 59.6 Å². The van der Waals surface area contributed by atoms with E-state index >= 15 is 0 Å². The number of aromatic nitrogens is 2. The monoisotopic (exact) mass is 490 g/mol. The third-order valence-electron chi connectivity index (χ3n) is 5.43. The Hall–Kier alpha value is -3.16. The molecule has 1 aliphatic heterocycles. The zero-order valence-electron chi connectivity index (χ0n) is 16.4. The number of thiocarbonyl (C=S) groups is 1. The number of nitrogens with zero attached hydrogens (tertiary/aromatic N) is 3. The van der Waals surface area contributed by atoms with Crippen molar-refractivity contribution >= 4 is 38.9 Å². The molecule has 2 aromatic carbocycles. The number of hydrogen-bond donors (Lipinski definition) is 2. The van der Waals surface area contributed by atoms with E-state index in [1.54, 1.807) is 18.3 Å². The van der Waals surface area contributed by atoms with Gasteiger partial charge in [0.25, 0.3) is 0 Å². The van der Waals surface area contributed by atoms with Crippen molar-refractivity contribution < 1.29 is 5.11 Å². The molecule has 0 unspecified atom stereocenters. The van der Waals surface area contributed by atoms with E-state index in [2.05, 4.69) is 49.0 Å². The third-order valence-corrected chi connectivity index (χ3v) is 6.27. The molecule has 3 heterocycles. The Kier molecular flexibility index (Phi) is 5.21. The molecule has 1 saturated heterocycles. The minimum atomic E-state index is -0.214. The molecule has 0 bridgehead atoms. The Balaban J connectivity index is 1.68. The summed E-state index contributed by atoms with van der Waals surface area (Å²) in [5, 5.41) is 14.6. The summed E-state index contributed by atoms with van der Waals surface area (Å²) in [6.45, 7) is 0. The van der Waals surface area contributed by atoms with Crippen molar-refractivity contribution in [2.24, 2.45) is 0 Å². The fourth-order valence-corrected chi connectivity index (χ4v) is 4.66.